The number of allylic oxidation sites excluding steroid dienone is 1. The Kier molecular flexibility index (Phi) is 12.1. The van der Waals surface area contributed by atoms with E-state index in [4.69, 9.17) is 35.0 Å². The minimum atomic E-state index is -1.05. The molecular weight excluding hydrogens is 596 g/mol. The molecule has 0 unspecified atom stereocenters. The first kappa shape index (κ1) is 32.4. The first-order valence-electron chi connectivity index (χ1n) is 12.3. The lowest BCUT2D eigenvalue weighted by Gasteiger charge is -2.49. The van der Waals surface area contributed by atoms with Gasteiger partial charge in [0.1, 0.15) is 29.9 Å². The molecule has 2 aliphatic heterocycles. The highest BCUT2D eigenvalue weighted by Crippen LogP contribution is 2.41. The summed E-state index contributed by atoms with van der Waals surface area (Å²) in [6.07, 6.45) is 1.21. The van der Waals surface area contributed by atoms with Gasteiger partial charge in [-0.1, -0.05) is 10.3 Å². The van der Waals surface area contributed by atoms with E-state index in [9.17, 15) is 19.2 Å². The number of rotatable bonds is 15. The predicted octanol–water partition coefficient (Wildman–Crippen LogP) is 1.04. The van der Waals surface area contributed by atoms with Crippen molar-refractivity contribution in [2.24, 2.45) is 10.3 Å². The lowest BCUT2D eigenvalue weighted by atomic mass is 10.0. The Morgan fingerprint density at radius 3 is 2.74 bits per heavy atom. The van der Waals surface area contributed by atoms with Crippen molar-refractivity contribution in [2.45, 2.75) is 25.3 Å². The average molecular weight is 625 g/mol. The van der Waals surface area contributed by atoms with Crippen LogP contribution in [0.4, 0.5) is 5.13 Å². The highest BCUT2D eigenvalue weighted by Gasteiger charge is 2.54. The third kappa shape index (κ3) is 7.77. The van der Waals surface area contributed by atoms with E-state index in [-0.39, 0.29) is 41.1 Å². The van der Waals surface area contributed by atoms with Gasteiger partial charge in [0.15, 0.2) is 17.6 Å². The van der Waals surface area contributed by atoms with Crippen LogP contribution < -0.4 is 11.1 Å². The third-order valence-corrected chi connectivity index (χ3v) is 7.54. The van der Waals surface area contributed by atoms with E-state index in [1.807, 2.05) is 6.92 Å². The van der Waals surface area contributed by atoms with Crippen molar-refractivity contribution in [3.63, 3.8) is 0 Å². The summed E-state index contributed by atoms with van der Waals surface area (Å²) in [7, 11) is 1.24. The maximum atomic E-state index is 13.3. The van der Waals surface area contributed by atoms with Gasteiger partial charge in [-0.15, -0.1) is 23.1 Å². The second-order valence-electron chi connectivity index (χ2n) is 8.09. The number of nitrogens with zero attached hydrogens (tertiary/aromatic N) is 6. The molecule has 2 amide bonds. The number of hydrogen-bond donors (Lipinski definition) is 2. The van der Waals surface area contributed by atoms with Crippen molar-refractivity contribution in [1.29, 1.82) is 0 Å². The molecule has 1 aromatic rings. The van der Waals surface area contributed by atoms with E-state index in [1.54, 1.807) is 0 Å². The summed E-state index contributed by atoms with van der Waals surface area (Å²) in [6.45, 7) is 3.64. The highest BCUT2D eigenvalue weighted by molar-refractivity contribution is 8.00. The maximum absolute atomic E-state index is 13.3. The molecule has 0 bridgehead atoms. The summed E-state index contributed by atoms with van der Waals surface area (Å²) in [5.74, 6) is -3.71. The molecule has 3 rings (SSSR count). The molecule has 2 atom stereocenters. The molecule has 17 nitrogen and oxygen atoms in total. The summed E-state index contributed by atoms with van der Waals surface area (Å²) in [6, 6.07) is -1.05. The zero-order valence-corrected chi connectivity index (χ0v) is 24.4. The summed E-state index contributed by atoms with van der Waals surface area (Å²) in [5.41, 5.74) is 14.5. The lowest BCUT2D eigenvalue weighted by molar-refractivity contribution is -0.161. The van der Waals surface area contributed by atoms with E-state index in [2.05, 4.69) is 25.5 Å². The number of thiazole rings is 1. The molecule has 0 radical (unpaired) electrons. The molecule has 0 aromatic carbocycles. The van der Waals surface area contributed by atoms with Crippen LogP contribution in [0.3, 0.4) is 0 Å². The number of thioether (sulfide) groups is 1. The number of nitrogen functional groups attached to an aromatic ring is 1. The van der Waals surface area contributed by atoms with E-state index in [0.29, 0.717) is 18.8 Å². The number of β-lactam (4-membered cyclic amide) rings is 1. The minimum Gasteiger partial charge on any atom is -0.433 e. The molecule has 19 heteroatoms. The second-order valence-corrected chi connectivity index (χ2v) is 10.1. The lowest BCUT2D eigenvalue weighted by Crippen LogP contribution is -2.71. The third-order valence-electron chi connectivity index (χ3n) is 5.53. The van der Waals surface area contributed by atoms with Gasteiger partial charge in [-0.05, 0) is 31.0 Å². The van der Waals surface area contributed by atoms with Crippen molar-refractivity contribution >= 4 is 57.7 Å². The molecule has 1 saturated heterocycles. The van der Waals surface area contributed by atoms with Crippen molar-refractivity contribution in [3.05, 3.63) is 44.6 Å². The van der Waals surface area contributed by atoms with Crippen LogP contribution in [0.2, 0.25) is 0 Å². The van der Waals surface area contributed by atoms with Gasteiger partial charge in [-0.25, -0.2) is 14.6 Å². The van der Waals surface area contributed by atoms with Crippen LogP contribution in [0.5, 0.6) is 0 Å². The molecule has 3 N–H and O–H groups in total. The van der Waals surface area contributed by atoms with Crippen molar-refractivity contribution in [2.75, 3.05) is 51.8 Å². The Hall–Kier alpha value is -4.16. The van der Waals surface area contributed by atoms with Gasteiger partial charge in [-0.2, -0.15) is 0 Å². The highest BCUT2D eigenvalue weighted by atomic mass is 32.2. The van der Waals surface area contributed by atoms with E-state index >= 15 is 0 Å². The molecule has 42 heavy (non-hydrogen) atoms. The number of nitrogens with two attached hydrogens (primary N) is 1. The Labute approximate surface area is 247 Å². The standard InChI is InChI=1S/C23H28N8O9S2/c1-4-14(21(34)39-11-38-7-6-37-5-2)40-22(35)17-12(8-26-30-25)9-41-20-16(19(33)31(17)20)28-18(32)15(29-36-3)13-10-42-23(24)27-13/h4,10,16,20H,5-9,11H2,1-3H3,(H2,24,27)(H,28,32)/b14-4-,29-15-/t16-,20-/m1/s1. The number of carbonyl (C=O) groups is 4. The Morgan fingerprint density at radius 1 is 1.33 bits per heavy atom. The van der Waals surface area contributed by atoms with Crippen LogP contribution >= 0.6 is 23.1 Å². The zero-order chi connectivity index (χ0) is 30.6. The van der Waals surface area contributed by atoms with Gasteiger partial charge in [-0.3, -0.25) is 14.5 Å². The largest absolute Gasteiger partial charge is 0.433 e. The van der Waals surface area contributed by atoms with Gasteiger partial charge in [0, 0.05) is 22.7 Å². The van der Waals surface area contributed by atoms with Gasteiger partial charge < -0.3 is 34.8 Å². The molecule has 2 aliphatic rings. The number of oxime groups is 1. The number of azide groups is 1. The van der Waals surface area contributed by atoms with Crippen LogP contribution in [0.1, 0.15) is 19.5 Å². The fraction of sp³-hybridized carbons (Fsp3) is 0.478. The molecular formula is C23H28N8O9S2. The Morgan fingerprint density at radius 2 is 2.10 bits per heavy atom. The second kappa shape index (κ2) is 15.7. The number of nitrogens with one attached hydrogen (secondary N) is 1. The zero-order valence-electron chi connectivity index (χ0n) is 22.8. The molecule has 0 saturated carbocycles. The van der Waals surface area contributed by atoms with Gasteiger partial charge in [0.25, 0.3) is 11.8 Å². The maximum Gasteiger partial charge on any atom is 0.376 e. The SMILES string of the molecule is C/C=C(\OC(=O)C1=C(CN=[N+]=[N-])CS[C@@H]2[C@H](NC(=O)/C(=N\OC)c3csc(N)n3)C(=O)N12)C(=O)OCOCCOCC. The van der Waals surface area contributed by atoms with Gasteiger partial charge in [0.2, 0.25) is 5.76 Å². The summed E-state index contributed by atoms with van der Waals surface area (Å²) in [4.78, 5) is 64.6. The van der Waals surface area contributed by atoms with E-state index in [0.717, 1.165) is 16.2 Å². The summed E-state index contributed by atoms with van der Waals surface area (Å²) in [5, 5.41) is 10.8. The first-order chi connectivity index (χ1) is 20.3. The topological polar surface area (TPSA) is 230 Å². The van der Waals surface area contributed by atoms with Crippen molar-refractivity contribution < 1.29 is 43.0 Å². The van der Waals surface area contributed by atoms with E-state index in [1.165, 1.54) is 37.3 Å². The molecule has 226 valence electrons. The van der Waals surface area contributed by atoms with Crippen LogP contribution in [0, 0.1) is 0 Å². The molecule has 0 spiro atoms. The first-order valence-corrected chi connectivity index (χ1v) is 14.2. The van der Waals surface area contributed by atoms with E-state index < -0.39 is 47.7 Å². The van der Waals surface area contributed by atoms with Crippen LogP contribution in [0.25, 0.3) is 10.4 Å². The Bertz CT molecular complexity index is 1340. The number of anilines is 1. The molecule has 1 fully saturated rings. The number of fused-ring (bicyclic) bond motifs is 1. The number of aromatic nitrogens is 1. The number of carbonyl (C=O) groups excluding carboxylic acids is 4. The number of hydrogen-bond acceptors (Lipinski definition) is 15. The summed E-state index contributed by atoms with van der Waals surface area (Å²) >= 11 is 2.32. The fourth-order valence-electron chi connectivity index (χ4n) is 3.67. The normalized spacial score (nSPS) is 18.5. The average Bonchev–Trinajstić information content (AvgIpc) is 3.42. The fourth-order valence-corrected chi connectivity index (χ4v) is 5.55. The van der Waals surface area contributed by atoms with Gasteiger partial charge >= 0.3 is 11.9 Å². The monoisotopic (exact) mass is 624 g/mol. The summed E-state index contributed by atoms with van der Waals surface area (Å²) < 4.78 is 20.5. The van der Waals surface area contributed by atoms with Crippen LogP contribution in [-0.2, 0) is 43.0 Å². The van der Waals surface area contributed by atoms with Crippen molar-refractivity contribution in [3.8, 4) is 0 Å². The minimum absolute atomic E-state index is 0.156. The molecule has 0 aliphatic carbocycles. The van der Waals surface area contributed by atoms with Crippen LogP contribution in [-0.4, -0.2) is 96.8 Å². The van der Waals surface area contributed by atoms with Gasteiger partial charge in [0.05, 0.1) is 19.8 Å². The molecule has 1 aromatic heterocycles. The quantitative estimate of drug-likeness (QED) is 0.0238. The number of ether oxygens (including phenoxy) is 4. The van der Waals surface area contributed by atoms with Crippen molar-refractivity contribution in [1.82, 2.24) is 15.2 Å². The Balaban J connectivity index is 1.73. The predicted molar refractivity (Wildman–Crippen MR) is 149 cm³/mol. The van der Waals surface area contributed by atoms with Crippen LogP contribution in [0.15, 0.2) is 38.8 Å². The number of esters is 2. The smallest absolute Gasteiger partial charge is 0.376 e. The molecule has 3 heterocycles. The number of amides is 2.